The molecule has 0 spiro atoms. The molecule has 0 unspecified atom stereocenters. The lowest BCUT2D eigenvalue weighted by Crippen LogP contribution is -2.37. The van der Waals surface area contributed by atoms with Gasteiger partial charge in [0, 0.05) is 17.3 Å². The number of carbonyl (C=O) groups is 1. The fraction of sp³-hybridized carbons (Fsp3) is 0.136. The van der Waals surface area contributed by atoms with Crippen molar-refractivity contribution in [3.63, 3.8) is 0 Å². The number of benzene rings is 3. The Morgan fingerprint density at radius 3 is 2.21 bits per heavy atom. The zero-order valence-corrected chi connectivity index (χ0v) is 17.5. The maximum absolute atomic E-state index is 13.3. The van der Waals surface area contributed by atoms with E-state index in [9.17, 15) is 13.2 Å². The zero-order chi connectivity index (χ0) is 20.9. The summed E-state index contributed by atoms with van der Waals surface area (Å²) in [5, 5.41) is 3.17. The van der Waals surface area contributed by atoms with Crippen LogP contribution in [0.5, 0.6) is 0 Å². The van der Waals surface area contributed by atoms with E-state index in [1.165, 1.54) is 0 Å². The molecule has 1 N–H and O–H groups in total. The normalized spacial score (nSPS) is 11.4. The lowest BCUT2D eigenvalue weighted by Gasteiger charge is -2.22. The first-order valence-electron chi connectivity index (χ1n) is 9.01. The van der Waals surface area contributed by atoms with Crippen molar-refractivity contribution in [2.45, 2.75) is 18.4 Å². The van der Waals surface area contributed by atoms with Crippen LogP contribution in [0.25, 0.3) is 0 Å². The van der Waals surface area contributed by atoms with E-state index in [2.05, 4.69) is 5.32 Å². The van der Waals surface area contributed by atoms with Crippen molar-refractivity contribution in [3.05, 3.63) is 95.0 Å². The molecule has 3 rings (SSSR count). The number of aryl methyl sites for hydroxylation is 1. The van der Waals surface area contributed by atoms with Crippen molar-refractivity contribution in [3.8, 4) is 0 Å². The van der Waals surface area contributed by atoms with Crippen molar-refractivity contribution < 1.29 is 13.2 Å². The Bertz CT molecular complexity index is 1080. The maximum atomic E-state index is 13.3. The Morgan fingerprint density at radius 1 is 0.931 bits per heavy atom. The van der Waals surface area contributed by atoms with Crippen LogP contribution in [0.3, 0.4) is 0 Å². The molecule has 0 aliphatic heterocycles. The lowest BCUT2D eigenvalue weighted by atomic mass is 10.2. The summed E-state index contributed by atoms with van der Waals surface area (Å²) in [5.74, 6) is -0.432. The monoisotopic (exact) mass is 428 g/mol. The zero-order valence-electron chi connectivity index (χ0n) is 15.9. The molecule has 0 atom stereocenters. The first-order chi connectivity index (χ1) is 13.9. The molecule has 150 valence electrons. The van der Waals surface area contributed by atoms with Gasteiger partial charge in [-0.15, -0.1) is 0 Å². The largest absolute Gasteiger partial charge is 0.325 e. The smallest absolute Gasteiger partial charge is 0.243 e. The minimum Gasteiger partial charge on any atom is -0.325 e. The minimum absolute atomic E-state index is 0.0158. The van der Waals surface area contributed by atoms with Gasteiger partial charge in [0.15, 0.2) is 0 Å². The van der Waals surface area contributed by atoms with E-state index in [1.54, 1.807) is 72.8 Å². The molecule has 0 bridgehead atoms. The molecular weight excluding hydrogens is 408 g/mol. The highest BCUT2D eigenvalue weighted by Gasteiger charge is 2.27. The van der Waals surface area contributed by atoms with Gasteiger partial charge in [0.05, 0.1) is 11.4 Å². The van der Waals surface area contributed by atoms with Gasteiger partial charge in [-0.05, 0) is 42.8 Å². The number of nitrogens with zero attached hydrogens (tertiary/aromatic N) is 1. The summed E-state index contributed by atoms with van der Waals surface area (Å²) < 4.78 is 27.6. The van der Waals surface area contributed by atoms with Gasteiger partial charge in [0.2, 0.25) is 15.9 Å². The van der Waals surface area contributed by atoms with E-state index < -0.39 is 15.9 Å². The number of nitrogens with one attached hydrogen (secondary N) is 1. The quantitative estimate of drug-likeness (QED) is 0.603. The van der Waals surface area contributed by atoms with Crippen molar-refractivity contribution in [1.29, 1.82) is 0 Å². The van der Waals surface area contributed by atoms with Gasteiger partial charge in [-0.1, -0.05) is 65.7 Å². The second-order valence-corrected chi connectivity index (χ2v) is 8.94. The van der Waals surface area contributed by atoms with Crippen molar-refractivity contribution in [2.75, 3.05) is 11.9 Å². The standard InChI is InChI=1S/C22H21ClN2O3S/c1-17-11-13-20(14-12-17)29(27,28)25(15-18-7-5-6-10-21(18)23)16-22(26)24-19-8-3-2-4-9-19/h2-14H,15-16H2,1H3,(H,24,26). The molecule has 29 heavy (non-hydrogen) atoms. The fourth-order valence-corrected chi connectivity index (χ4v) is 4.35. The molecule has 0 radical (unpaired) electrons. The topological polar surface area (TPSA) is 66.5 Å². The Balaban J connectivity index is 1.89. The van der Waals surface area contributed by atoms with Crippen LogP contribution in [0.4, 0.5) is 5.69 Å². The lowest BCUT2D eigenvalue weighted by molar-refractivity contribution is -0.116. The highest BCUT2D eigenvalue weighted by molar-refractivity contribution is 7.89. The molecule has 5 nitrogen and oxygen atoms in total. The van der Waals surface area contributed by atoms with Gasteiger partial charge in [0.25, 0.3) is 0 Å². The third kappa shape index (κ3) is 5.44. The highest BCUT2D eigenvalue weighted by Crippen LogP contribution is 2.23. The molecule has 1 amide bonds. The van der Waals surface area contributed by atoms with E-state index in [-0.39, 0.29) is 18.0 Å². The number of amides is 1. The van der Waals surface area contributed by atoms with E-state index in [0.717, 1.165) is 9.87 Å². The summed E-state index contributed by atoms with van der Waals surface area (Å²) in [6.07, 6.45) is 0. The van der Waals surface area contributed by atoms with Crippen LogP contribution >= 0.6 is 11.6 Å². The van der Waals surface area contributed by atoms with Crippen LogP contribution in [0.2, 0.25) is 5.02 Å². The molecule has 0 aromatic heterocycles. The summed E-state index contributed by atoms with van der Waals surface area (Å²) >= 11 is 6.23. The second-order valence-electron chi connectivity index (χ2n) is 6.59. The highest BCUT2D eigenvalue weighted by atomic mass is 35.5. The molecule has 7 heteroatoms. The van der Waals surface area contributed by atoms with Crippen molar-refractivity contribution in [2.24, 2.45) is 0 Å². The summed E-state index contributed by atoms with van der Waals surface area (Å²) in [4.78, 5) is 12.7. The van der Waals surface area contributed by atoms with Crippen LogP contribution < -0.4 is 5.32 Å². The molecule has 3 aromatic carbocycles. The molecule has 3 aromatic rings. The molecule has 0 aliphatic rings. The summed E-state index contributed by atoms with van der Waals surface area (Å²) in [5.41, 5.74) is 2.17. The van der Waals surface area contributed by atoms with Crippen molar-refractivity contribution in [1.82, 2.24) is 4.31 Å². The summed E-state index contributed by atoms with van der Waals surface area (Å²) in [7, 11) is -3.91. The Hall–Kier alpha value is -2.67. The van der Waals surface area contributed by atoms with Crippen LogP contribution in [-0.4, -0.2) is 25.2 Å². The maximum Gasteiger partial charge on any atom is 0.243 e. The van der Waals surface area contributed by atoms with Gasteiger partial charge in [-0.2, -0.15) is 4.31 Å². The van der Waals surface area contributed by atoms with Crippen LogP contribution in [0.15, 0.2) is 83.8 Å². The molecule has 0 aliphatic carbocycles. The van der Waals surface area contributed by atoms with Gasteiger partial charge in [-0.25, -0.2) is 8.42 Å². The molecular formula is C22H21ClN2O3S. The number of carbonyl (C=O) groups excluding carboxylic acids is 1. The third-order valence-electron chi connectivity index (χ3n) is 4.34. The van der Waals surface area contributed by atoms with E-state index >= 15 is 0 Å². The number of para-hydroxylation sites is 1. The Morgan fingerprint density at radius 2 is 1.55 bits per heavy atom. The minimum atomic E-state index is -3.91. The first-order valence-corrected chi connectivity index (χ1v) is 10.8. The Labute approximate surface area is 176 Å². The molecule has 0 heterocycles. The van der Waals surface area contributed by atoms with E-state index in [0.29, 0.717) is 16.3 Å². The van der Waals surface area contributed by atoms with Gasteiger partial charge >= 0.3 is 0 Å². The van der Waals surface area contributed by atoms with Crippen LogP contribution in [0, 0.1) is 6.92 Å². The summed E-state index contributed by atoms with van der Waals surface area (Å²) in [6, 6.07) is 22.4. The SMILES string of the molecule is Cc1ccc(S(=O)(=O)N(CC(=O)Nc2ccccc2)Cc2ccccc2Cl)cc1. The number of halogens is 1. The van der Waals surface area contributed by atoms with Gasteiger partial charge < -0.3 is 5.32 Å². The first kappa shape index (κ1) is 21.0. The summed E-state index contributed by atoms with van der Waals surface area (Å²) in [6.45, 7) is 1.53. The average Bonchev–Trinajstić information content (AvgIpc) is 2.70. The van der Waals surface area contributed by atoms with Crippen molar-refractivity contribution >= 4 is 33.2 Å². The van der Waals surface area contributed by atoms with E-state index in [4.69, 9.17) is 11.6 Å². The number of hydrogen-bond donors (Lipinski definition) is 1. The predicted molar refractivity (Wildman–Crippen MR) is 115 cm³/mol. The van der Waals surface area contributed by atoms with Crippen LogP contribution in [-0.2, 0) is 21.4 Å². The molecule has 0 saturated carbocycles. The number of anilines is 1. The number of sulfonamides is 1. The fourth-order valence-electron chi connectivity index (χ4n) is 2.78. The average molecular weight is 429 g/mol. The van der Waals surface area contributed by atoms with E-state index in [1.807, 2.05) is 13.0 Å². The second kappa shape index (κ2) is 9.22. The Kier molecular flexibility index (Phi) is 6.69. The molecule has 0 saturated heterocycles. The van der Waals surface area contributed by atoms with Gasteiger partial charge in [0.1, 0.15) is 0 Å². The number of hydrogen-bond acceptors (Lipinski definition) is 3. The predicted octanol–water partition coefficient (Wildman–Crippen LogP) is 4.48. The van der Waals surface area contributed by atoms with Crippen LogP contribution in [0.1, 0.15) is 11.1 Å². The van der Waals surface area contributed by atoms with Gasteiger partial charge in [-0.3, -0.25) is 4.79 Å². The third-order valence-corrected chi connectivity index (χ3v) is 6.52. The number of rotatable bonds is 7. The molecule has 0 fully saturated rings.